The van der Waals surface area contributed by atoms with Crippen LogP contribution in [-0.4, -0.2) is 19.7 Å². The Balaban J connectivity index is 3.38. The summed E-state index contributed by atoms with van der Waals surface area (Å²) in [5, 5.41) is 0. The van der Waals surface area contributed by atoms with Crippen LogP contribution in [0, 0.1) is 0 Å². The average Bonchev–Trinajstić information content (AvgIpc) is 2.36. The van der Waals surface area contributed by atoms with Crippen molar-refractivity contribution in [2.45, 2.75) is 39.3 Å². The smallest absolute Gasteiger partial charge is 0.419 e. The molecule has 0 saturated heterocycles. The van der Waals surface area contributed by atoms with Crippen molar-refractivity contribution >= 4 is 5.97 Å². The van der Waals surface area contributed by atoms with E-state index in [0.29, 0.717) is 5.56 Å². The molecule has 6 heteroatoms. The van der Waals surface area contributed by atoms with Crippen molar-refractivity contribution in [2.75, 3.05) is 13.7 Å². The van der Waals surface area contributed by atoms with Crippen molar-refractivity contribution in [3.63, 3.8) is 0 Å². The molecule has 0 aliphatic carbocycles. The Bertz CT molecular complexity index is 508. The van der Waals surface area contributed by atoms with Crippen LogP contribution < -0.4 is 4.74 Å². The molecule has 0 saturated carbocycles. The van der Waals surface area contributed by atoms with E-state index < -0.39 is 17.7 Å². The van der Waals surface area contributed by atoms with Crippen LogP contribution in [0.3, 0.4) is 0 Å². The van der Waals surface area contributed by atoms with E-state index in [2.05, 4.69) is 0 Å². The van der Waals surface area contributed by atoms with Crippen LogP contribution >= 0.6 is 0 Å². The lowest BCUT2D eigenvalue weighted by Crippen LogP contribution is -2.14. The van der Waals surface area contributed by atoms with Gasteiger partial charge in [-0.2, -0.15) is 13.2 Å². The van der Waals surface area contributed by atoms with Crippen LogP contribution in [0.15, 0.2) is 12.1 Å². The molecule has 0 unspecified atom stereocenters. The molecule has 0 N–H and O–H groups in total. The first-order valence-electron chi connectivity index (χ1n) is 6.64. The van der Waals surface area contributed by atoms with Crippen LogP contribution in [0.5, 0.6) is 5.75 Å². The quantitative estimate of drug-likeness (QED) is 0.773. The van der Waals surface area contributed by atoms with Crippen molar-refractivity contribution in [2.24, 2.45) is 0 Å². The number of methoxy groups -OCH3 is 1. The highest BCUT2D eigenvalue weighted by Crippen LogP contribution is 2.40. The SMILES string of the molecule is CCOC(=O)Cc1cc(C(C)C)cc(C(F)(F)F)c1OC. The van der Waals surface area contributed by atoms with Gasteiger partial charge in [0.05, 0.1) is 25.7 Å². The number of ether oxygens (including phenoxy) is 2. The molecule has 1 aromatic carbocycles. The number of carbonyl (C=O) groups excluding carboxylic acids is 1. The number of hydrogen-bond donors (Lipinski definition) is 0. The number of halogens is 3. The third-order valence-electron chi connectivity index (χ3n) is 3.00. The van der Waals surface area contributed by atoms with Gasteiger partial charge < -0.3 is 9.47 Å². The second-order valence-corrected chi connectivity index (χ2v) is 4.90. The molecule has 0 spiro atoms. The molecule has 0 fully saturated rings. The van der Waals surface area contributed by atoms with E-state index in [1.54, 1.807) is 26.8 Å². The molecule has 21 heavy (non-hydrogen) atoms. The van der Waals surface area contributed by atoms with Crippen molar-refractivity contribution in [1.82, 2.24) is 0 Å². The lowest BCUT2D eigenvalue weighted by Gasteiger charge is -2.19. The van der Waals surface area contributed by atoms with Gasteiger partial charge in [0, 0.05) is 5.56 Å². The summed E-state index contributed by atoms with van der Waals surface area (Å²) < 4.78 is 49.1. The zero-order valence-electron chi connectivity index (χ0n) is 12.5. The number of benzene rings is 1. The summed E-state index contributed by atoms with van der Waals surface area (Å²) in [7, 11) is 1.16. The molecule has 1 aromatic rings. The molecule has 3 nitrogen and oxygen atoms in total. The van der Waals surface area contributed by atoms with E-state index in [-0.39, 0.29) is 30.3 Å². The minimum absolute atomic E-state index is 0.0991. The van der Waals surface area contributed by atoms with Crippen LogP contribution in [-0.2, 0) is 22.1 Å². The van der Waals surface area contributed by atoms with Crippen molar-refractivity contribution < 1.29 is 27.4 Å². The molecule has 118 valence electrons. The van der Waals surface area contributed by atoms with Crippen molar-refractivity contribution in [3.8, 4) is 5.75 Å². The van der Waals surface area contributed by atoms with E-state index in [1.807, 2.05) is 0 Å². The van der Waals surface area contributed by atoms with Crippen LogP contribution in [0.1, 0.15) is 43.4 Å². The summed E-state index contributed by atoms with van der Waals surface area (Å²) in [5.41, 5.74) is -0.174. The minimum Gasteiger partial charge on any atom is -0.496 e. The van der Waals surface area contributed by atoms with Crippen LogP contribution in [0.4, 0.5) is 13.2 Å². The summed E-state index contributed by atoms with van der Waals surface area (Å²) >= 11 is 0. The van der Waals surface area contributed by atoms with E-state index in [0.717, 1.165) is 13.2 Å². The Labute approximate surface area is 122 Å². The van der Waals surface area contributed by atoms with Crippen LogP contribution in [0.25, 0.3) is 0 Å². The molecule has 0 amide bonds. The van der Waals surface area contributed by atoms with E-state index in [1.165, 1.54) is 0 Å². The van der Waals surface area contributed by atoms with Crippen molar-refractivity contribution in [3.05, 3.63) is 28.8 Å². The van der Waals surface area contributed by atoms with Gasteiger partial charge in [-0.05, 0) is 24.5 Å². The van der Waals surface area contributed by atoms with Gasteiger partial charge in [0.2, 0.25) is 0 Å². The predicted octanol–water partition coefficient (Wildman–Crippen LogP) is 3.94. The summed E-state index contributed by atoms with van der Waals surface area (Å²) in [6.07, 6.45) is -4.79. The van der Waals surface area contributed by atoms with Gasteiger partial charge in [-0.1, -0.05) is 19.9 Å². The second kappa shape index (κ2) is 6.83. The van der Waals surface area contributed by atoms with Gasteiger partial charge in [-0.15, -0.1) is 0 Å². The molecule has 0 heterocycles. The molecule has 0 aliphatic rings. The normalized spacial score (nSPS) is 11.6. The molecule has 0 atom stereocenters. The maximum atomic E-state index is 13.1. The summed E-state index contributed by atoms with van der Waals surface area (Å²) in [5.74, 6) is -0.997. The molecular weight excluding hydrogens is 285 g/mol. The predicted molar refractivity (Wildman–Crippen MR) is 72.4 cm³/mol. The standard InChI is InChI=1S/C15H19F3O3/c1-5-21-13(19)8-11-6-10(9(2)3)7-12(14(11)20-4)15(16,17)18/h6-7,9H,5,8H2,1-4H3. The summed E-state index contributed by atoms with van der Waals surface area (Å²) in [4.78, 5) is 11.6. The maximum Gasteiger partial charge on any atom is 0.419 e. The van der Waals surface area contributed by atoms with Gasteiger partial charge in [0.15, 0.2) is 0 Å². The fourth-order valence-corrected chi connectivity index (χ4v) is 2.00. The number of hydrogen-bond acceptors (Lipinski definition) is 3. The third kappa shape index (κ3) is 4.37. The fraction of sp³-hybridized carbons (Fsp3) is 0.533. The summed E-state index contributed by atoms with van der Waals surface area (Å²) in [6.45, 7) is 5.39. The topological polar surface area (TPSA) is 35.5 Å². The first-order valence-corrected chi connectivity index (χ1v) is 6.64. The molecule has 0 aliphatic heterocycles. The van der Waals surface area contributed by atoms with Gasteiger partial charge >= 0.3 is 12.1 Å². The molecule has 0 bridgehead atoms. The average molecular weight is 304 g/mol. The number of rotatable bonds is 5. The highest BCUT2D eigenvalue weighted by molar-refractivity contribution is 5.74. The molecular formula is C15H19F3O3. The number of alkyl halides is 3. The Morgan fingerprint density at radius 1 is 1.29 bits per heavy atom. The first-order chi connectivity index (χ1) is 9.70. The van der Waals surface area contributed by atoms with E-state index in [4.69, 9.17) is 9.47 Å². The minimum atomic E-state index is -4.54. The Hall–Kier alpha value is -1.72. The monoisotopic (exact) mass is 304 g/mol. The lowest BCUT2D eigenvalue weighted by atomic mass is 9.95. The Morgan fingerprint density at radius 3 is 2.33 bits per heavy atom. The Kier molecular flexibility index (Phi) is 5.63. The highest BCUT2D eigenvalue weighted by Gasteiger charge is 2.36. The Morgan fingerprint density at radius 2 is 1.90 bits per heavy atom. The van der Waals surface area contributed by atoms with Gasteiger partial charge in [0.25, 0.3) is 0 Å². The number of carbonyl (C=O) groups is 1. The molecule has 0 aromatic heterocycles. The van der Waals surface area contributed by atoms with Crippen LogP contribution in [0.2, 0.25) is 0 Å². The highest BCUT2D eigenvalue weighted by atomic mass is 19.4. The van der Waals surface area contributed by atoms with Gasteiger partial charge in [-0.25, -0.2) is 0 Å². The third-order valence-corrected chi connectivity index (χ3v) is 3.00. The zero-order valence-corrected chi connectivity index (χ0v) is 12.5. The zero-order chi connectivity index (χ0) is 16.2. The second-order valence-electron chi connectivity index (χ2n) is 4.90. The van der Waals surface area contributed by atoms with Gasteiger partial charge in [-0.3, -0.25) is 4.79 Å². The lowest BCUT2D eigenvalue weighted by molar-refractivity contribution is -0.143. The maximum absolute atomic E-state index is 13.1. The van der Waals surface area contributed by atoms with E-state index in [9.17, 15) is 18.0 Å². The molecule has 0 radical (unpaired) electrons. The largest absolute Gasteiger partial charge is 0.496 e. The fourth-order valence-electron chi connectivity index (χ4n) is 2.00. The van der Waals surface area contributed by atoms with Crippen molar-refractivity contribution in [1.29, 1.82) is 0 Å². The molecule has 1 rings (SSSR count). The van der Waals surface area contributed by atoms with Gasteiger partial charge in [0.1, 0.15) is 5.75 Å². The first kappa shape index (κ1) is 17.3. The number of esters is 1. The summed E-state index contributed by atoms with van der Waals surface area (Å²) in [6, 6.07) is 2.63. The van der Waals surface area contributed by atoms with E-state index >= 15 is 0 Å².